The van der Waals surface area contributed by atoms with Gasteiger partial charge in [0.05, 0.1) is 78.5 Å². The van der Waals surface area contributed by atoms with Gasteiger partial charge in [-0.2, -0.15) is 4.98 Å². The van der Waals surface area contributed by atoms with Crippen molar-refractivity contribution >= 4 is 82.8 Å². The molecule has 0 amide bonds. The molecule has 2 fully saturated rings. The highest BCUT2D eigenvalue weighted by atomic mass is 32.5. The lowest BCUT2D eigenvalue weighted by molar-refractivity contribution is -0.0420. The van der Waals surface area contributed by atoms with E-state index in [0.29, 0.717) is 0 Å². The van der Waals surface area contributed by atoms with Crippen molar-refractivity contribution in [2.24, 2.45) is 5.92 Å². The summed E-state index contributed by atoms with van der Waals surface area (Å²) in [7, 11) is -26.3. The first kappa shape index (κ1) is 78.3. The topological polar surface area (TPSA) is 527 Å². The molecule has 13 atom stereocenters. The fraction of sp³-hybridized carbons (Fsp3) is 0.786. The van der Waals surface area contributed by atoms with Gasteiger partial charge >= 0.3 is 53.1 Å². The first-order valence-electron chi connectivity index (χ1n) is 26.9. The molecule has 0 spiro atoms. The number of aliphatic hydroxyl groups excluding tert-OH is 1. The number of hydrogen-bond acceptors (Lipinski definition) is 29. The number of phosphoric ester groups is 5. The fourth-order valence-electron chi connectivity index (χ4n) is 7.03. The van der Waals surface area contributed by atoms with Crippen LogP contribution in [-0.2, 0) is 107 Å². The number of rotatable bonds is 41. The number of fused-ring (bicyclic) bond motifs is 1. The Balaban J connectivity index is 0.00000401. The van der Waals surface area contributed by atoms with Crippen LogP contribution in [0.3, 0.4) is 0 Å². The van der Waals surface area contributed by atoms with E-state index >= 15 is 0 Å². The van der Waals surface area contributed by atoms with Gasteiger partial charge in [0.2, 0.25) is 5.95 Å². The highest BCUT2D eigenvalue weighted by Crippen LogP contribution is 2.52. The van der Waals surface area contributed by atoms with Gasteiger partial charge in [-0.3, -0.25) is 73.9 Å². The number of H-pyrrole nitrogens is 2. The summed E-state index contributed by atoms with van der Waals surface area (Å²) in [5.41, 5.74) is 3.56. The standard InChI is InChI=1S/C38H66N7O31P7S.C4H10/c1-25(2)78(51,84)73-23-30-28(20-32(75-30)45-24-40-33-34(45)41-37(39)42-36(33)48)76-83(60,61)72-18-8-17-71-82(58,59)70-16-7-15-69-81(56,57)68-14-6-13-67-80(54,55)66-12-5-11-65-79(52,53)64-10-4-9-62-77(50)63-22-29-27(46)19-31(74-29)44-21-26(3)35(47)43-38(44)49;1-4(2)3/h21,24-25,27-32,46H,4-20,22-23H2,1-3H3,(H9-,39,41,42,43,47,48,49,51,52,53,54,55,56,57,58,59,60,61,84);4H,1-3H3/p+1. The lowest BCUT2D eigenvalue weighted by Crippen LogP contribution is -2.33. The predicted molar refractivity (Wildman–Crippen MR) is 310 cm³/mol. The van der Waals surface area contributed by atoms with E-state index in [1.54, 1.807) is 13.8 Å². The Bertz CT molecular complexity index is 3190. The molecule has 506 valence electrons. The Kier molecular flexibility index (Phi) is 32.5. The monoisotopic (exact) mass is 1420 g/mol. The maximum absolute atomic E-state index is 13.0. The molecule has 11 N–H and O–H groups in total. The Morgan fingerprint density at radius 3 is 1.53 bits per heavy atom. The minimum absolute atomic E-state index is 0.0155. The Morgan fingerprint density at radius 2 is 1.07 bits per heavy atom. The molecule has 3 aromatic rings. The Hall–Kier alpha value is -2.15. The molecular formula is C42H77N7O31P7S+. The summed E-state index contributed by atoms with van der Waals surface area (Å²) in [6, 6.07) is 0. The van der Waals surface area contributed by atoms with E-state index in [1.807, 2.05) is 0 Å². The zero-order valence-electron chi connectivity index (χ0n) is 48.5. The smallest absolute Gasteiger partial charge is 0.390 e. The van der Waals surface area contributed by atoms with E-state index < -0.39 is 173 Å². The molecule has 5 heterocycles. The van der Waals surface area contributed by atoms with Gasteiger partial charge in [-0.1, -0.05) is 34.6 Å². The van der Waals surface area contributed by atoms with Crippen molar-refractivity contribution in [2.75, 3.05) is 85.0 Å². The quantitative estimate of drug-likeness (QED) is 0.0275. The summed E-state index contributed by atoms with van der Waals surface area (Å²) in [6.45, 7) is 2.53. The van der Waals surface area contributed by atoms with Crippen molar-refractivity contribution in [1.82, 2.24) is 29.1 Å². The molecule has 0 bridgehead atoms. The van der Waals surface area contributed by atoms with E-state index in [4.69, 9.17) is 85.8 Å². The molecule has 5 rings (SSSR count). The molecule has 88 heavy (non-hydrogen) atoms. The van der Waals surface area contributed by atoms with Gasteiger partial charge in [0.1, 0.15) is 44.0 Å². The number of phosphoric acid groups is 5. The third kappa shape index (κ3) is 28.6. The van der Waals surface area contributed by atoms with Crippen molar-refractivity contribution in [3.63, 3.8) is 0 Å². The van der Waals surface area contributed by atoms with Crippen LogP contribution in [-0.4, -0.2) is 173 Å². The fourth-order valence-corrected chi connectivity index (χ4v) is 12.7. The number of ether oxygens (including phenoxy) is 2. The second kappa shape index (κ2) is 36.5. The molecule has 0 radical (unpaired) electrons. The number of hydrogen-bond donors (Lipinski definition) is 10. The van der Waals surface area contributed by atoms with E-state index in [0.717, 1.165) is 10.5 Å². The van der Waals surface area contributed by atoms with Gasteiger partial charge in [0, 0.05) is 34.8 Å². The highest BCUT2D eigenvalue weighted by Gasteiger charge is 2.44. The molecule has 2 saturated heterocycles. The number of aryl methyl sites for hydroxylation is 1. The lowest BCUT2D eigenvalue weighted by Gasteiger charge is -2.25. The number of aromatic amines is 2. The number of nitrogen functional groups attached to an aromatic ring is 1. The normalized spacial score (nSPS) is 23.2. The molecule has 2 aliphatic rings. The largest absolute Gasteiger partial charge is 0.697 e. The molecule has 0 aliphatic carbocycles. The summed E-state index contributed by atoms with van der Waals surface area (Å²) in [5.74, 6) is 0.626. The van der Waals surface area contributed by atoms with Crippen molar-refractivity contribution in [1.29, 1.82) is 0 Å². The number of aromatic nitrogens is 6. The van der Waals surface area contributed by atoms with Gasteiger partial charge in [0.25, 0.3) is 11.1 Å². The minimum atomic E-state index is -4.88. The van der Waals surface area contributed by atoms with E-state index in [1.165, 1.54) is 24.0 Å². The van der Waals surface area contributed by atoms with Crippen LogP contribution in [0.1, 0.15) is 97.6 Å². The number of anilines is 1. The van der Waals surface area contributed by atoms with Crippen LogP contribution in [0.15, 0.2) is 26.9 Å². The maximum atomic E-state index is 13.0. The SMILES string of the molecule is CC(C)C.Cc1cn(C2CC(O)C(CO[P+](=O)OCCCOP(=O)(O)OCCCOP(=O)(O)OCCCOP(=O)(O)OCCCOP(=O)(O)OCCCOP(=O)(O)OC3CC(n4cnc5c(=O)[nH]c(N)nc54)OC3COP(O)(=S)C(C)C)O2)c(=O)[nH]c1=O. The molecular weight excluding hydrogens is 1350 g/mol. The zero-order valence-corrected chi connectivity index (χ0v) is 55.6. The Morgan fingerprint density at radius 1 is 0.636 bits per heavy atom. The second-order valence-electron chi connectivity index (χ2n) is 19.8. The van der Waals surface area contributed by atoms with Crippen LogP contribution in [0, 0.1) is 12.8 Å². The van der Waals surface area contributed by atoms with Gasteiger partial charge < -0.3 is 54.2 Å². The van der Waals surface area contributed by atoms with E-state index in [9.17, 15) is 76.2 Å². The van der Waals surface area contributed by atoms with E-state index in [2.05, 4.69) is 40.7 Å². The number of aliphatic hydroxyl groups is 1. The molecule has 2 aliphatic heterocycles. The Labute approximate surface area is 509 Å². The van der Waals surface area contributed by atoms with Gasteiger partial charge in [-0.05, 0) is 56.8 Å². The lowest BCUT2D eigenvalue weighted by atomic mass is 10.2. The summed E-state index contributed by atoms with van der Waals surface area (Å²) < 4.78 is 152. The summed E-state index contributed by atoms with van der Waals surface area (Å²) in [6.07, 6.45) is -4.80. The van der Waals surface area contributed by atoms with E-state index in [-0.39, 0.29) is 87.4 Å². The van der Waals surface area contributed by atoms with Crippen molar-refractivity contribution in [3.05, 3.63) is 49.3 Å². The van der Waals surface area contributed by atoms with Gasteiger partial charge in [-0.25, -0.2) is 32.6 Å². The van der Waals surface area contributed by atoms with Crippen molar-refractivity contribution in [3.8, 4) is 0 Å². The van der Waals surface area contributed by atoms with Gasteiger partial charge in [0.15, 0.2) is 17.7 Å². The molecule has 0 aromatic carbocycles. The number of nitrogens with one attached hydrogen (secondary N) is 2. The summed E-state index contributed by atoms with van der Waals surface area (Å²) >= 11 is 5.19. The molecule has 13 unspecified atom stereocenters. The predicted octanol–water partition coefficient (Wildman–Crippen LogP) is 4.56. The first-order chi connectivity index (χ1) is 41.0. The average molecular weight is 1420 g/mol. The van der Waals surface area contributed by atoms with Crippen LogP contribution >= 0.6 is 53.9 Å². The molecule has 38 nitrogen and oxygen atoms in total. The molecule has 46 heteroatoms. The number of nitrogens with two attached hydrogens (primary N) is 1. The maximum Gasteiger partial charge on any atom is 0.697 e. The molecule has 3 aromatic heterocycles. The molecule has 0 saturated carbocycles. The second-order valence-corrected chi connectivity index (χ2v) is 32.0. The highest BCUT2D eigenvalue weighted by molar-refractivity contribution is 8.09. The van der Waals surface area contributed by atoms with Crippen LogP contribution in [0.25, 0.3) is 11.2 Å². The number of imidazole rings is 1. The summed E-state index contributed by atoms with van der Waals surface area (Å²) in [5, 5.41) is 10.3. The van der Waals surface area contributed by atoms with Crippen LogP contribution in [0.4, 0.5) is 5.95 Å². The minimum Gasteiger partial charge on any atom is -0.390 e. The first-order valence-corrected chi connectivity index (χ1v) is 38.2. The third-order valence-corrected chi connectivity index (χ3v) is 20.5. The number of nitrogens with zero attached hydrogens (tertiary/aromatic N) is 4. The zero-order chi connectivity index (χ0) is 65.7. The van der Waals surface area contributed by atoms with Crippen molar-refractivity contribution in [2.45, 2.75) is 129 Å². The van der Waals surface area contributed by atoms with Gasteiger partial charge in [-0.15, -0.1) is 9.05 Å². The average Bonchev–Trinajstić information content (AvgIpc) is 1.92. The van der Waals surface area contributed by atoms with Crippen LogP contribution < -0.4 is 22.5 Å². The van der Waals surface area contributed by atoms with Crippen LogP contribution in [0.5, 0.6) is 0 Å². The van der Waals surface area contributed by atoms with Crippen LogP contribution in [0.2, 0.25) is 0 Å². The third-order valence-electron chi connectivity index (χ3n) is 11.2. The van der Waals surface area contributed by atoms with Crippen molar-refractivity contribution < 1.29 is 130 Å². The summed E-state index contributed by atoms with van der Waals surface area (Å²) in [4.78, 5) is 109.